The van der Waals surface area contributed by atoms with E-state index in [4.69, 9.17) is 0 Å². The Hall–Kier alpha value is -1.64. The largest absolute Gasteiger partial charge is 0.307 e. The van der Waals surface area contributed by atoms with E-state index in [1.807, 2.05) is 19.1 Å². The molecule has 0 saturated carbocycles. The van der Waals surface area contributed by atoms with E-state index < -0.39 is 0 Å². The Kier molecular flexibility index (Phi) is 3.20. The van der Waals surface area contributed by atoms with Gasteiger partial charge in [0.25, 0.3) is 0 Å². The molecule has 0 aliphatic carbocycles. The molecule has 1 aromatic heterocycles. The molecule has 3 heteroatoms. The first-order valence-electron chi connectivity index (χ1n) is 4.08. The molecule has 0 unspecified atom stereocenters. The second kappa shape index (κ2) is 4.40. The number of anilines is 1. The zero-order chi connectivity index (χ0) is 9.68. The molecule has 1 amide bonds. The Morgan fingerprint density at radius 3 is 3.00 bits per heavy atom. The standard InChI is InChI=1S/C10H12N2O/c1-3-4-10(13)12-9-7-8(2)5-6-11-9/h3-7H,1-2H3,(H,11,12,13). The summed E-state index contributed by atoms with van der Waals surface area (Å²) in [4.78, 5) is 15.1. The fourth-order valence-corrected chi connectivity index (χ4v) is 0.924. The fourth-order valence-electron chi connectivity index (χ4n) is 0.924. The molecule has 0 bridgehead atoms. The van der Waals surface area contributed by atoms with Crippen molar-refractivity contribution in [3.8, 4) is 0 Å². The molecule has 1 N–H and O–H groups in total. The van der Waals surface area contributed by atoms with Crippen LogP contribution in [0.1, 0.15) is 12.5 Å². The van der Waals surface area contributed by atoms with Gasteiger partial charge >= 0.3 is 0 Å². The monoisotopic (exact) mass is 176 g/mol. The average Bonchev–Trinajstić information content (AvgIpc) is 2.04. The lowest BCUT2D eigenvalue weighted by Crippen LogP contribution is -2.08. The minimum atomic E-state index is -0.152. The van der Waals surface area contributed by atoms with E-state index in [1.54, 1.807) is 19.2 Å². The predicted octanol–water partition coefficient (Wildman–Crippen LogP) is 1.90. The van der Waals surface area contributed by atoms with Crippen molar-refractivity contribution < 1.29 is 4.79 Å². The lowest BCUT2D eigenvalue weighted by Gasteiger charge is -2.00. The third kappa shape index (κ3) is 3.07. The van der Waals surface area contributed by atoms with Gasteiger partial charge in [-0.3, -0.25) is 4.79 Å². The molecule has 1 rings (SSSR count). The predicted molar refractivity (Wildman–Crippen MR) is 52.4 cm³/mol. The lowest BCUT2D eigenvalue weighted by molar-refractivity contribution is -0.111. The van der Waals surface area contributed by atoms with Crippen LogP contribution in [0.3, 0.4) is 0 Å². The van der Waals surface area contributed by atoms with Crippen LogP contribution in [0.2, 0.25) is 0 Å². The maximum Gasteiger partial charge on any atom is 0.249 e. The Balaban J connectivity index is 2.69. The van der Waals surface area contributed by atoms with Crippen molar-refractivity contribution >= 4 is 11.7 Å². The van der Waals surface area contributed by atoms with Gasteiger partial charge in [-0.25, -0.2) is 4.98 Å². The summed E-state index contributed by atoms with van der Waals surface area (Å²) in [5.41, 5.74) is 1.07. The highest BCUT2D eigenvalue weighted by Gasteiger charge is 1.97. The minimum Gasteiger partial charge on any atom is -0.307 e. The summed E-state index contributed by atoms with van der Waals surface area (Å²) >= 11 is 0. The molecule has 0 aromatic carbocycles. The highest BCUT2D eigenvalue weighted by atomic mass is 16.1. The van der Waals surface area contributed by atoms with E-state index in [0.29, 0.717) is 5.82 Å². The number of rotatable bonds is 2. The van der Waals surface area contributed by atoms with Crippen molar-refractivity contribution in [3.05, 3.63) is 36.0 Å². The Morgan fingerprint density at radius 1 is 1.62 bits per heavy atom. The summed E-state index contributed by atoms with van der Waals surface area (Å²) in [6.45, 7) is 3.75. The number of carbonyl (C=O) groups excluding carboxylic acids is 1. The van der Waals surface area contributed by atoms with Gasteiger partial charge in [-0.15, -0.1) is 0 Å². The number of nitrogens with zero attached hydrogens (tertiary/aromatic N) is 1. The molecule has 3 nitrogen and oxygen atoms in total. The van der Waals surface area contributed by atoms with E-state index in [-0.39, 0.29) is 5.91 Å². The molecule has 13 heavy (non-hydrogen) atoms. The third-order valence-electron chi connectivity index (χ3n) is 1.48. The second-order valence-electron chi connectivity index (χ2n) is 2.71. The molecule has 0 saturated heterocycles. The van der Waals surface area contributed by atoms with Gasteiger partial charge in [-0.2, -0.15) is 0 Å². The zero-order valence-corrected chi connectivity index (χ0v) is 7.74. The third-order valence-corrected chi connectivity index (χ3v) is 1.48. The normalized spacial score (nSPS) is 10.3. The number of hydrogen-bond acceptors (Lipinski definition) is 2. The maximum atomic E-state index is 11.1. The van der Waals surface area contributed by atoms with Crippen LogP contribution in [0.5, 0.6) is 0 Å². The first kappa shape index (κ1) is 9.45. The van der Waals surface area contributed by atoms with Crippen LogP contribution < -0.4 is 5.32 Å². The first-order valence-corrected chi connectivity index (χ1v) is 4.08. The van der Waals surface area contributed by atoms with Crippen molar-refractivity contribution in [2.24, 2.45) is 0 Å². The molecular formula is C10H12N2O. The van der Waals surface area contributed by atoms with Crippen molar-refractivity contribution in [2.45, 2.75) is 13.8 Å². The van der Waals surface area contributed by atoms with E-state index in [2.05, 4.69) is 10.3 Å². The van der Waals surface area contributed by atoms with Crippen LogP contribution in [-0.4, -0.2) is 10.9 Å². The summed E-state index contributed by atoms with van der Waals surface area (Å²) in [5.74, 6) is 0.434. The van der Waals surface area contributed by atoms with E-state index >= 15 is 0 Å². The lowest BCUT2D eigenvalue weighted by atomic mass is 10.3. The fraction of sp³-hybridized carbons (Fsp3) is 0.200. The highest BCUT2D eigenvalue weighted by molar-refractivity contribution is 5.98. The molecule has 0 atom stereocenters. The van der Waals surface area contributed by atoms with Gasteiger partial charge < -0.3 is 5.32 Å². The summed E-state index contributed by atoms with van der Waals surface area (Å²) in [5, 5.41) is 2.65. The van der Waals surface area contributed by atoms with Crippen LogP contribution in [-0.2, 0) is 4.79 Å². The number of carbonyl (C=O) groups is 1. The summed E-state index contributed by atoms with van der Waals surface area (Å²) in [6.07, 6.45) is 4.82. The molecule has 0 aliphatic rings. The molecule has 0 radical (unpaired) electrons. The van der Waals surface area contributed by atoms with Gasteiger partial charge in [-0.1, -0.05) is 6.08 Å². The minimum absolute atomic E-state index is 0.152. The number of hydrogen-bond donors (Lipinski definition) is 1. The Labute approximate surface area is 77.5 Å². The van der Waals surface area contributed by atoms with E-state index in [9.17, 15) is 4.79 Å². The van der Waals surface area contributed by atoms with Crippen LogP contribution in [0.25, 0.3) is 0 Å². The topological polar surface area (TPSA) is 42.0 Å². The SMILES string of the molecule is CC=CC(=O)Nc1cc(C)ccn1. The van der Waals surface area contributed by atoms with Gasteiger partial charge in [0, 0.05) is 6.20 Å². The maximum absolute atomic E-state index is 11.1. The van der Waals surface area contributed by atoms with Gasteiger partial charge in [-0.05, 0) is 37.6 Å². The summed E-state index contributed by atoms with van der Waals surface area (Å²) < 4.78 is 0. The number of nitrogens with one attached hydrogen (secondary N) is 1. The number of aryl methyl sites for hydroxylation is 1. The number of pyridine rings is 1. The highest BCUT2D eigenvalue weighted by Crippen LogP contribution is 2.04. The van der Waals surface area contributed by atoms with Gasteiger partial charge in [0.2, 0.25) is 5.91 Å². The summed E-state index contributed by atoms with van der Waals surface area (Å²) in [7, 11) is 0. The number of allylic oxidation sites excluding steroid dienone is 1. The number of aromatic nitrogens is 1. The summed E-state index contributed by atoms with van der Waals surface area (Å²) in [6, 6.07) is 3.70. The van der Waals surface area contributed by atoms with Crippen LogP contribution in [0, 0.1) is 6.92 Å². The first-order chi connectivity index (χ1) is 6.22. The molecule has 1 aromatic rings. The quantitative estimate of drug-likeness (QED) is 0.699. The van der Waals surface area contributed by atoms with Crippen molar-refractivity contribution in [1.82, 2.24) is 4.98 Å². The van der Waals surface area contributed by atoms with Gasteiger partial charge in [0.05, 0.1) is 0 Å². The smallest absolute Gasteiger partial charge is 0.249 e. The molecule has 0 aliphatic heterocycles. The van der Waals surface area contributed by atoms with Crippen LogP contribution >= 0.6 is 0 Å². The molecular weight excluding hydrogens is 164 g/mol. The molecule has 68 valence electrons. The van der Waals surface area contributed by atoms with Gasteiger partial charge in [0.1, 0.15) is 5.82 Å². The molecule has 0 fully saturated rings. The number of amides is 1. The van der Waals surface area contributed by atoms with E-state index in [0.717, 1.165) is 5.56 Å². The van der Waals surface area contributed by atoms with Crippen LogP contribution in [0.15, 0.2) is 30.5 Å². The van der Waals surface area contributed by atoms with Crippen molar-refractivity contribution in [3.63, 3.8) is 0 Å². The molecule has 1 heterocycles. The van der Waals surface area contributed by atoms with Crippen molar-refractivity contribution in [1.29, 1.82) is 0 Å². The van der Waals surface area contributed by atoms with Crippen molar-refractivity contribution in [2.75, 3.05) is 5.32 Å². The second-order valence-corrected chi connectivity index (χ2v) is 2.71. The molecule has 0 spiro atoms. The zero-order valence-electron chi connectivity index (χ0n) is 7.74. The van der Waals surface area contributed by atoms with Gasteiger partial charge in [0.15, 0.2) is 0 Å². The Morgan fingerprint density at radius 2 is 2.38 bits per heavy atom. The Bertz CT molecular complexity index is 331. The van der Waals surface area contributed by atoms with E-state index in [1.165, 1.54) is 6.08 Å². The average molecular weight is 176 g/mol. The van der Waals surface area contributed by atoms with Crippen LogP contribution in [0.4, 0.5) is 5.82 Å².